The Morgan fingerprint density at radius 3 is 2.65 bits per heavy atom. The number of carboxylic acid groups (broad SMARTS) is 1. The molecule has 5 heteroatoms. The highest BCUT2D eigenvalue weighted by Gasteiger charge is 2.47. The Labute approximate surface area is 118 Å². The van der Waals surface area contributed by atoms with Crippen LogP contribution in [0.25, 0.3) is 0 Å². The van der Waals surface area contributed by atoms with Crippen LogP contribution in [0.3, 0.4) is 0 Å². The zero-order valence-corrected chi connectivity index (χ0v) is 11.5. The summed E-state index contributed by atoms with van der Waals surface area (Å²) in [4.78, 5) is 25.4. The molecule has 1 aliphatic heterocycles. The minimum absolute atomic E-state index is 0.0501. The van der Waals surface area contributed by atoms with Gasteiger partial charge in [-0.15, -0.1) is 0 Å². The molecular weight excluding hydrogens is 258 g/mol. The van der Waals surface area contributed by atoms with Gasteiger partial charge in [0.25, 0.3) is 0 Å². The molecule has 1 aliphatic rings. The Balaban J connectivity index is 2.18. The van der Waals surface area contributed by atoms with Crippen molar-refractivity contribution in [2.24, 2.45) is 0 Å². The normalized spacial score (nSPS) is 21.9. The van der Waals surface area contributed by atoms with Gasteiger partial charge in [0, 0.05) is 20.2 Å². The molecule has 0 aromatic heterocycles. The van der Waals surface area contributed by atoms with Crippen LogP contribution in [-0.2, 0) is 19.7 Å². The van der Waals surface area contributed by atoms with Crippen molar-refractivity contribution >= 4 is 11.9 Å². The summed E-state index contributed by atoms with van der Waals surface area (Å²) in [6.07, 6.45) is 0.742. The number of likely N-dealkylation sites (tertiary alicyclic amines) is 1. The molecule has 1 N–H and O–H groups in total. The molecule has 20 heavy (non-hydrogen) atoms. The molecule has 0 aliphatic carbocycles. The Morgan fingerprint density at radius 2 is 2.05 bits per heavy atom. The van der Waals surface area contributed by atoms with E-state index in [1.54, 1.807) is 12.0 Å². The number of hydrogen-bond donors (Lipinski definition) is 1. The van der Waals surface area contributed by atoms with Crippen molar-refractivity contribution in [2.75, 3.05) is 26.8 Å². The highest BCUT2D eigenvalue weighted by atomic mass is 16.5. The largest absolute Gasteiger partial charge is 0.481 e. The van der Waals surface area contributed by atoms with Crippen LogP contribution in [0.4, 0.5) is 0 Å². The van der Waals surface area contributed by atoms with Crippen LogP contribution in [0.1, 0.15) is 18.4 Å². The van der Waals surface area contributed by atoms with Gasteiger partial charge in [-0.1, -0.05) is 30.3 Å². The molecule has 1 heterocycles. The number of nitrogens with zero attached hydrogens (tertiary/aromatic N) is 1. The Bertz CT molecular complexity index is 488. The third kappa shape index (κ3) is 2.67. The van der Waals surface area contributed by atoms with Crippen LogP contribution >= 0.6 is 0 Å². The monoisotopic (exact) mass is 277 g/mol. The first-order valence-corrected chi connectivity index (χ1v) is 6.66. The molecule has 0 saturated carbocycles. The average molecular weight is 277 g/mol. The lowest BCUT2D eigenvalue weighted by atomic mass is 9.80. The second-order valence-electron chi connectivity index (χ2n) is 5.06. The molecule has 0 radical (unpaired) electrons. The SMILES string of the molecule is COCCC(=O)N1CCC(C(=O)O)(c2ccccc2)C1. The number of hydrogen-bond acceptors (Lipinski definition) is 3. The molecule has 0 bridgehead atoms. The first-order chi connectivity index (χ1) is 9.60. The standard InChI is InChI=1S/C15H19NO4/c1-20-10-7-13(17)16-9-8-15(11-16,14(18)19)12-5-3-2-4-6-12/h2-6H,7-11H2,1H3,(H,18,19). The molecule has 1 aromatic carbocycles. The summed E-state index contributed by atoms with van der Waals surface area (Å²) in [7, 11) is 1.54. The molecule has 108 valence electrons. The van der Waals surface area contributed by atoms with Gasteiger partial charge in [0.1, 0.15) is 5.41 Å². The smallest absolute Gasteiger partial charge is 0.316 e. The van der Waals surface area contributed by atoms with E-state index in [1.165, 1.54) is 0 Å². The lowest BCUT2D eigenvalue weighted by molar-refractivity contribution is -0.143. The van der Waals surface area contributed by atoms with Crippen molar-refractivity contribution in [3.05, 3.63) is 35.9 Å². The summed E-state index contributed by atoms with van der Waals surface area (Å²) in [6.45, 7) is 1.07. The molecule has 0 spiro atoms. The number of amides is 1. The van der Waals surface area contributed by atoms with Crippen molar-refractivity contribution in [1.29, 1.82) is 0 Å². The van der Waals surface area contributed by atoms with E-state index in [1.807, 2.05) is 30.3 Å². The van der Waals surface area contributed by atoms with Gasteiger partial charge in [-0.25, -0.2) is 0 Å². The van der Waals surface area contributed by atoms with Gasteiger partial charge < -0.3 is 14.7 Å². The number of methoxy groups -OCH3 is 1. The van der Waals surface area contributed by atoms with Crippen molar-refractivity contribution < 1.29 is 19.4 Å². The lowest BCUT2D eigenvalue weighted by Gasteiger charge is -2.25. The van der Waals surface area contributed by atoms with Gasteiger partial charge in [0.2, 0.25) is 5.91 Å². The fraction of sp³-hybridized carbons (Fsp3) is 0.467. The second-order valence-corrected chi connectivity index (χ2v) is 5.06. The van der Waals surface area contributed by atoms with Crippen LogP contribution in [0.15, 0.2) is 30.3 Å². The number of rotatable bonds is 5. The van der Waals surface area contributed by atoms with E-state index in [-0.39, 0.29) is 12.5 Å². The third-order valence-corrected chi connectivity index (χ3v) is 3.88. The summed E-state index contributed by atoms with van der Waals surface area (Å²) in [5, 5.41) is 9.63. The first-order valence-electron chi connectivity index (χ1n) is 6.66. The quantitative estimate of drug-likeness (QED) is 0.880. The van der Waals surface area contributed by atoms with Gasteiger partial charge in [0.15, 0.2) is 0 Å². The number of carbonyl (C=O) groups is 2. The second kappa shape index (κ2) is 6.05. The Morgan fingerprint density at radius 1 is 1.35 bits per heavy atom. The van der Waals surface area contributed by atoms with Crippen molar-refractivity contribution in [3.63, 3.8) is 0 Å². The molecule has 1 atom stereocenters. The van der Waals surface area contributed by atoms with Gasteiger partial charge in [0.05, 0.1) is 13.0 Å². The maximum atomic E-state index is 12.0. The average Bonchev–Trinajstić information content (AvgIpc) is 2.92. The zero-order chi connectivity index (χ0) is 14.6. The summed E-state index contributed by atoms with van der Waals surface area (Å²) in [5.41, 5.74) is -0.223. The Kier molecular flexibility index (Phi) is 4.39. The lowest BCUT2D eigenvalue weighted by Crippen LogP contribution is -2.40. The molecule has 1 unspecified atom stereocenters. The molecular formula is C15H19NO4. The molecule has 1 aromatic rings. The molecule has 1 amide bonds. The highest BCUT2D eigenvalue weighted by molar-refractivity contribution is 5.85. The minimum Gasteiger partial charge on any atom is -0.481 e. The van der Waals surface area contributed by atoms with Crippen molar-refractivity contribution in [2.45, 2.75) is 18.3 Å². The summed E-state index contributed by atoms with van der Waals surface area (Å²) in [6, 6.07) is 9.15. The summed E-state index contributed by atoms with van der Waals surface area (Å²) < 4.78 is 4.89. The number of carbonyl (C=O) groups excluding carboxylic acids is 1. The van der Waals surface area contributed by atoms with E-state index in [2.05, 4.69) is 0 Å². The van der Waals surface area contributed by atoms with Gasteiger partial charge >= 0.3 is 5.97 Å². The van der Waals surface area contributed by atoms with Crippen LogP contribution in [-0.4, -0.2) is 48.7 Å². The predicted molar refractivity (Wildman–Crippen MR) is 73.4 cm³/mol. The zero-order valence-electron chi connectivity index (χ0n) is 11.5. The van der Waals surface area contributed by atoms with Gasteiger partial charge in [-0.05, 0) is 12.0 Å². The van der Waals surface area contributed by atoms with E-state index >= 15 is 0 Å². The number of ether oxygens (including phenoxy) is 1. The van der Waals surface area contributed by atoms with Crippen LogP contribution in [0.5, 0.6) is 0 Å². The van der Waals surface area contributed by atoms with Gasteiger partial charge in [-0.2, -0.15) is 0 Å². The molecule has 1 fully saturated rings. The maximum Gasteiger partial charge on any atom is 0.316 e. The molecule has 2 rings (SSSR count). The number of benzene rings is 1. The predicted octanol–water partition coefficient (Wildman–Crippen LogP) is 1.28. The van der Waals surface area contributed by atoms with E-state index in [4.69, 9.17) is 4.74 Å². The summed E-state index contributed by atoms with van der Waals surface area (Å²) in [5.74, 6) is -0.920. The first kappa shape index (κ1) is 14.5. The van der Waals surface area contributed by atoms with E-state index in [0.29, 0.717) is 26.0 Å². The highest BCUT2D eigenvalue weighted by Crippen LogP contribution is 2.35. The van der Waals surface area contributed by atoms with Crippen molar-refractivity contribution in [3.8, 4) is 0 Å². The van der Waals surface area contributed by atoms with E-state index in [9.17, 15) is 14.7 Å². The fourth-order valence-electron chi connectivity index (χ4n) is 2.66. The summed E-state index contributed by atoms with van der Waals surface area (Å²) >= 11 is 0. The molecule has 5 nitrogen and oxygen atoms in total. The van der Waals surface area contributed by atoms with Crippen molar-refractivity contribution in [1.82, 2.24) is 4.90 Å². The van der Waals surface area contributed by atoms with E-state index in [0.717, 1.165) is 5.56 Å². The van der Waals surface area contributed by atoms with Crippen LogP contribution < -0.4 is 0 Å². The van der Waals surface area contributed by atoms with Crippen LogP contribution in [0, 0.1) is 0 Å². The molecule has 1 saturated heterocycles. The van der Waals surface area contributed by atoms with Gasteiger partial charge in [-0.3, -0.25) is 9.59 Å². The Hall–Kier alpha value is -1.88. The van der Waals surface area contributed by atoms with Crippen LogP contribution in [0.2, 0.25) is 0 Å². The van der Waals surface area contributed by atoms with E-state index < -0.39 is 11.4 Å². The number of carboxylic acids is 1. The topological polar surface area (TPSA) is 66.8 Å². The fourth-order valence-corrected chi connectivity index (χ4v) is 2.66. The minimum atomic E-state index is -0.982. The number of aliphatic carboxylic acids is 1. The third-order valence-electron chi connectivity index (χ3n) is 3.88. The maximum absolute atomic E-state index is 12.0.